The summed E-state index contributed by atoms with van der Waals surface area (Å²) in [6.45, 7) is 5.96. The molecule has 0 fully saturated rings. The van der Waals surface area contributed by atoms with Crippen LogP contribution in [0.4, 0.5) is 0 Å². The lowest BCUT2D eigenvalue weighted by molar-refractivity contribution is 0.0900. The standard InChI is InChI=1S/C16H19NO3/c1-10-7-11(2)15(12(3)8-10)16(19)17-9-13(18)14-5-4-6-20-14/h4-8,13,18H,9H2,1-3H3,(H,17,19). The maximum absolute atomic E-state index is 12.2. The summed E-state index contributed by atoms with van der Waals surface area (Å²) < 4.78 is 5.10. The largest absolute Gasteiger partial charge is 0.467 e. The van der Waals surface area contributed by atoms with Gasteiger partial charge in [-0.3, -0.25) is 4.79 Å². The van der Waals surface area contributed by atoms with E-state index in [-0.39, 0.29) is 12.5 Å². The number of carbonyl (C=O) groups excluding carboxylic acids is 1. The van der Waals surface area contributed by atoms with Crippen molar-refractivity contribution in [3.8, 4) is 0 Å². The summed E-state index contributed by atoms with van der Waals surface area (Å²) in [7, 11) is 0. The van der Waals surface area contributed by atoms with Gasteiger partial charge < -0.3 is 14.8 Å². The fourth-order valence-corrected chi connectivity index (χ4v) is 2.40. The van der Waals surface area contributed by atoms with Gasteiger partial charge in [0, 0.05) is 5.56 Å². The van der Waals surface area contributed by atoms with Crippen LogP contribution in [0.15, 0.2) is 34.9 Å². The zero-order valence-corrected chi connectivity index (χ0v) is 11.9. The molecule has 1 amide bonds. The molecule has 0 aliphatic heterocycles. The molecular weight excluding hydrogens is 254 g/mol. The van der Waals surface area contributed by atoms with Gasteiger partial charge in [0.05, 0.1) is 12.8 Å². The maximum Gasteiger partial charge on any atom is 0.251 e. The first kappa shape index (κ1) is 14.3. The van der Waals surface area contributed by atoms with Gasteiger partial charge in [0.15, 0.2) is 0 Å². The minimum Gasteiger partial charge on any atom is -0.467 e. The van der Waals surface area contributed by atoms with E-state index in [4.69, 9.17) is 4.42 Å². The molecule has 2 rings (SSSR count). The molecule has 1 unspecified atom stereocenters. The van der Waals surface area contributed by atoms with Crippen LogP contribution in [-0.2, 0) is 0 Å². The van der Waals surface area contributed by atoms with Crippen molar-refractivity contribution in [3.63, 3.8) is 0 Å². The molecule has 0 saturated carbocycles. The lowest BCUT2D eigenvalue weighted by atomic mass is 9.99. The van der Waals surface area contributed by atoms with Gasteiger partial charge in [0.1, 0.15) is 11.9 Å². The fourth-order valence-electron chi connectivity index (χ4n) is 2.40. The van der Waals surface area contributed by atoms with Crippen LogP contribution in [0.2, 0.25) is 0 Å². The van der Waals surface area contributed by atoms with E-state index in [1.54, 1.807) is 12.1 Å². The van der Waals surface area contributed by atoms with Gasteiger partial charge in [0.25, 0.3) is 5.91 Å². The van der Waals surface area contributed by atoms with Gasteiger partial charge in [-0.15, -0.1) is 0 Å². The van der Waals surface area contributed by atoms with E-state index in [2.05, 4.69) is 5.32 Å². The van der Waals surface area contributed by atoms with Crippen LogP contribution in [0.5, 0.6) is 0 Å². The molecule has 1 atom stereocenters. The number of amides is 1. The average Bonchev–Trinajstić information content (AvgIpc) is 2.88. The third-order valence-corrected chi connectivity index (χ3v) is 3.23. The van der Waals surface area contributed by atoms with E-state index in [9.17, 15) is 9.90 Å². The quantitative estimate of drug-likeness (QED) is 0.900. The van der Waals surface area contributed by atoms with Crippen LogP contribution >= 0.6 is 0 Å². The molecule has 20 heavy (non-hydrogen) atoms. The van der Waals surface area contributed by atoms with Crippen molar-refractivity contribution in [2.75, 3.05) is 6.54 Å². The number of hydrogen-bond acceptors (Lipinski definition) is 3. The number of benzene rings is 1. The number of furan rings is 1. The highest BCUT2D eigenvalue weighted by Gasteiger charge is 2.16. The SMILES string of the molecule is Cc1cc(C)c(C(=O)NCC(O)c2ccco2)c(C)c1. The first-order chi connectivity index (χ1) is 9.49. The summed E-state index contributed by atoms with van der Waals surface area (Å²) >= 11 is 0. The molecule has 2 aromatic rings. The number of aryl methyl sites for hydroxylation is 3. The zero-order valence-electron chi connectivity index (χ0n) is 11.9. The molecule has 0 spiro atoms. The third-order valence-electron chi connectivity index (χ3n) is 3.23. The predicted octanol–water partition coefficient (Wildman–Crippen LogP) is 2.67. The Morgan fingerprint density at radius 3 is 2.50 bits per heavy atom. The summed E-state index contributed by atoms with van der Waals surface area (Å²) in [5.74, 6) is 0.272. The number of aliphatic hydroxyl groups is 1. The summed E-state index contributed by atoms with van der Waals surface area (Å²) in [5.41, 5.74) is 3.68. The number of rotatable bonds is 4. The Bertz CT molecular complexity index is 579. The van der Waals surface area contributed by atoms with Crippen LogP contribution < -0.4 is 5.32 Å². The second-order valence-electron chi connectivity index (χ2n) is 5.01. The summed E-state index contributed by atoms with van der Waals surface area (Å²) in [5, 5.41) is 12.6. The van der Waals surface area contributed by atoms with Crippen molar-refractivity contribution < 1.29 is 14.3 Å². The van der Waals surface area contributed by atoms with Gasteiger partial charge in [-0.2, -0.15) is 0 Å². The van der Waals surface area contributed by atoms with Crippen molar-refractivity contribution in [1.29, 1.82) is 0 Å². The van der Waals surface area contributed by atoms with Crippen molar-refractivity contribution in [1.82, 2.24) is 5.32 Å². The molecule has 0 radical (unpaired) electrons. The smallest absolute Gasteiger partial charge is 0.251 e. The van der Waals surface area contributed by atoms with Crippen LogP contribution in [0.1, 0.15) is 38.9 Å². The van der Waals surface area contributed by atoms with Gasteiger partial charge >= 0.3 is 0 Å². The summed E-state index contributed by atoms with van der Waals surface area (Å²) in [4.78, 5) is 12.2. The molecule has 106 valence electrons. The van der Waals surface area contributed by atoms with E-state index in [0.29, 0.717) is 11.3 Å². The lowest BCUT2D eigenvalue weighted by Crippen LogP contribution is -2.29. The highest BCUT2D eigenvalue weighted by Crippen LogP contribution is 2.17. The first-order valence-electron chi connectivity index (χ1n) is 6.56. The minimum absolute atomic E-state index is 0.124. The normalized spacial score (nSPS) is 12.2. The van der Waals surface area contributed by atoms with Crippen molar-refractivity contribution >= 4 is 5.91 Å². The van der Waals surface area contributed by atoms with E-state index in [0.717, 1.165) is 16.7 Å². The molecule has 1 heterocycles. The Morgan fingerprint density at radius 1 is 1.30 bits per heavy atom. The number of nitrogens with one attached hydrogen (secondary N) is 1. The molecule has 4 heteroatoms. The summed E-state index contributed by atoms with van der Waals surface area (Å²) in [6, 6.07) is 7.34. The topological polar surface area (TPSA) is 62.5 Å². The second kappa shape index (κ2) is 5.92. The zero-order chi connectivity index (χ0) is 14.7. The third kappa shape index (κ3) is 3.08. The Labute approximate surface area is 118 Å². The average molecular weight is 273 g/mol. The molecular formula is C16H19NO3. The molecule has 0 aliphatic rings. The van der Waals surface area contributed by atoms with E-state index < -0.39 is 6.10 Å². The monoisotopic (exact) mass is 273 g/mol. The molecule has 0 aliphatic carbocycles. The Morgan fingerprint density at radius 2 is 1.95 bits per heavy atom. The van der Waals surface area contributed by atoms with Gasteiger partial charge in [-0.1, -0.05) is 17.7 Å². The highest BCUT2D eigenvalue weighted by atomic mass is 16.4. The molecule has 1 aromatic heterocycles. The van der Waals surface area contributed by atoms with E-state index >= 15 is 0 Å². The fraction of sp³-hybridized carbons (Fsp3) is 0.312. The lowest BCUT2D eigenvalue weighted by Gasteiger charge is -2.13. The van der Waals surface area contributed by atoms with Crippen LogP contribution in [0.25, 0.3) is 0 Å². The number of hydrogen-bond donors (Lipinski definition) is 2. The number of aliphatic hydroxyl groups excluding tert-OH is 1. The first-order valence-corrected chi connectivity index (χ1v) is 6.56. The second-order valence-corrected chi connectivity index (χ2v) is 5.01. The van der Waals surface area contributed by atoms with Crippen LogP contribution in [-0.4, -0.2) is 17.6 Å². The highest BCUT2D eigenvalue weighted by molar-refractivity contribution is 5.97. The summed E-state index contributed by atoms with van der Waals surface area (Å²) in [6.07, 6.45) is 0.661. The van der Waals surface area contributed by atoms with Crippen molar-refractivity contribution in [2.24, 2.45) is 0 Å². The van der Waals surface area contributed by atoms with Crippen molar-refractivity contribution in [3.05, 3.63) is 58.5 Å². The van der Waals surface area contributed by atoms with Crippen molar-refractivity contribution in [2.45, 2.75) is 26.9 Å². The van der Waals surface area contributed by atoms with Crippen LogP contribution in [0, 0.1) is 20.8 Å². The molecule has 4 nitrogen and oxygen atoms in total. The van der Waals surface area contributed by atoms with Gasteiger partial charge in [-0.25, -0.2) is 0 Å². The van der Waals surface area contributed by atoms with Gasteiger partial charge in [0.2, 0.25) is 0 Å². The predicted molar refractivity (Wildman–Crippen MR) is 76.7 cm³/mol. The van der Waals surface area contributed by atoms with E-state index in [1.165, 1.54) is 6.26 Å². The Hall–Kier alpha value is -2.07. The molecule has 0 saturated heterocycles. The number of carbonyl (C=O) groups is 1. The van der Waals surface area contributed by atoms with E-state index in [1.807, 2.05) is 32.9 Å². The van der Waals surface area contributed by atoms with Gasteiger partial charge in [-0.05, 0) is 44.0 Å². The maximum atomic E-state index is 12.2. The van der Waals surface area contributed by atoms with Crippen LogP contribution in [0.3, 0.4) is 0 Å². The molecule has 2 N–H and O–H groups in total. The minimum atomic E-state index is -0.833. The Kier molecular flexibility index (Phi) is 4.25. The Balaban J connectivity index is 2.06. The molecule has 1 aromatic carbocycles. The molecule has 0 bridgehead atoms.